The summed E-state index contributed by atoms with van der Waals surface area (Å²) in [4.78, 5) is 10.4. The molecule has 80 valence electrons. The molecule has 0 bridgehead atoms. The first-order valence-electron chi connectivity index (χ1n) is 5.03. The van der Waals surface area contributed by atoms with Crippen LogP contribution in [0.1, 0.15) is 46.0 Å². The lowest BCUT2D eigenvalue weighted by Gasteiger charge is -2.21. The standard InChI is InChI=1S/C11H17FO2/c1-11(2)6-3-4-8(5-7-11)9(12)10(13)14/h3-7H2,1-2H3,(H,13,14). The third-order valence-electron chi connectivity index (χ3n) is 2.93. The fourth-order valence-corrected chi connectivity index (χ4v) is 1.89. The zero-order valence-electron chi connectivity index (χ0n) is 8.77. The van der Waals surface area contributed by atoms with Gasteiger partial charge in [0.15, 0.2) is 0 Å². The molecule has 14 heavy (non-hydrogen) atoms. The normalized spacial score (nSPS) is 25.4. The molecule has 1 saturated carbocycles. The number of carbonyl (C=O) groups is 1. The lowest BCUT2D eigenvalue weighted by molar-refractivity contribution is -0.134. The van der Waals surface area contributed by atoms with Gasteiger partial charge in [-0.25, -0.2) is 4.79 Å². The van der Waals surface area contributed by atoms with E-state index >= 15 is 0 Å². The maximum absolute atomic E-state index is 13.1. The van der Waals surface area contributed by atoms with Crippen LogP contribution in [0.15, 0.2) is 11.4 Å². The molecule has 1 aliphatic rings. The average molecular weight is 200 g/mol. The largest absolute Gasteiger partial charge is 0.476 e. The summed E-state index contributed by atoms with van der Waals surface area (Å²) < 4.78 is 13.1. The van der Waals surface area contributed by atoms with E-state index < -0.39 is 11.8 Å². The number of hydrogen-bond acceptors (Lipinski definition) is 1. The number of rotatable bonds is 1. The molecule has 3 heteroatoms. The average Bonchev–Trinajstić information content (AvgIpc) is 2.25. The zero-order chi connectivity index (χ0) is 10.8. The summed E-state index contributed by atoms with van der Waals surface area (Å²) in [6.45, 7) is 4.29. The third kappa shape index (κ3) is 2.82. The highest BCUT2D eigenvalue weighted by atomic mass is 19.1. The van der Waals surface area contributed by atoms with Crippen molar-refractivity contribution in [1.82, 2.24) is 0 Å². The molecule has 0 aromatic rings. The lowest BCUT2D eigenvalue weighted by atomic mass is 9.85. The predicted octanol–water partition coefficient (Wildman–Crippen LogP) is 3.28. The van der Waals surface area contributed by atoms with Gasteiger partial charge in [-0.05, 0) is 43.1 Å². The van der Waals surface area contributed by atoms with Gasteiger partial charge in [-0.15, -0.1) is 0 Å². The van der Waals surface area contributed by atoms with E-state index in [1.54, 1.807) is 0 Å². The number of halogens is 1. The third-order valence-corrected chi connectivity index (χ3v) is 2.93. The van der Waals surface area contributed by atoms with Gasteiger partial charge in [0.25, 0.3) is 0 Å². The van der Waals surface area contributed by atoms with Gasteiger partial charge in [0.05, 0.1) is 0 Å². The fraction of sp³-hybridized carbons (Fsp3) is 0.727. The number of hydrogen-bond donors (Lipinski definition) is 1. The number of allylic oxidation sites excluding steroid dienone is 1. The van der Waals surface area contributed by atoms with Crippen molar-refractivity contribution in [2.45, 2.75) is 46.0 Å². The highest BCUT2D eigenvalue weighted by Crippen LogP contribution is 2.36. The summed E-state index contributed by atoms with van der Waals surface area (Å²) in [5, 5.41) is 8.52. The van der Waals surface area contributed by atoms with E-state index in [4.69, 9.17) is 5.11 Å². The summed E-state index contributed by atoms with van der Waals surface area (Å²) in [6, 6.07) is 0. The molecule has 0 aliphatic heterocycles. The molecule has 2 nitrogen and oxygen atoms in total. The zero-order valence-corrected chi connectivity index (χ0v) is 8.77. The van der Waals surface area contributed by atoms with Crippen molar-refractivity contribution in [3.63, 3.8) is 0 Å². The highest BCUT2D eigenvalue weighted by Gasteiger charge is 2.24. The molecular formula is C11H17FO2. The topological polar surface area (TPSA) is 37.3 Å². The molecule has 0 spiro atoms. The predicted molar refractivity (Wildman–Crippen MR) is 52.6 cm³/mol. The molecule has 0 aromatic heterocycles. The minimum absolute atomic E-state index is 0.223. The van der Waals surface area contributed by atoms with Gasteiger partial charge >= 0.3 is 5.97 Å². The molecule has 1 fully saturated rings. The smallest absolute Gasteiger partial charge is 0.364 e. The van der Waals surface area contributed by atoms with E-state index in [0.29, 0.717) is 18.4 Å². The monoisotopic (exact) mass is 200 g/mol. The van der Waals surface area contributed by atoms with Crippen LogP contribution in [0.4, 0.5) is 4.39 Å². The van der Waals surface area contributed by atoms with Crippen molar-refractivity contribution in [2.24, 2.45) is 5.41 Å². The Labute approximate surface area is 83.8 Å². The molecule has 1 aliphatic carbocycles. The Morgan fingerprint density at radius 3 is 2.57 bits per heavy atom. The Bertz CT molecular complexity index is 266. The summed E-state index contributed by atoms with van der Waals surface area (Å²) in [7, 11) is 0. The Morgan fingerprint density at radius 2 is 2.00 bits per heavy atom. The molecule has 0 amide bonds. The Kier molecular flexibility index (Phi) is 3.29. The van der Waals surface area contributed by atoms with Gasteiger partial charge in [-0.3, -0.25) is 0 Å². The first-order valence-corrected chi connectivity index (χ1v) is 5.03. The molecule has 1 rings (SSSR count). The fourth-order valence-electron chi connectivity index (χ4n) is 1.89. The minimum atomic E-state index is -1.42. The van der Waals surface area contributed by atoms with Crippen LogP contribution in [0, 0.1) is 5.41 Å². The molecule has 0 saturated heterocycles. The van der Waals surface area contributed by atoms with Crippen molar-refractivity contribution in [3.05, 3.63) is 11.4 Å². The van der Waals surface area contributed by atoms with Crippen LogP contribution in [-0.4, -0.2) is 11.1 Å². The Balaban J connectivity index is 2.76. The van der Waals surface area contributed by atoms with Gasteiger partial charge < -0.3 is 5.11 Å². The molecule has 1 N–H and O–H groups in total. The van der Waals surface area contributed by atoms with E-state index in [1.165, 1.54) is 0 Å². The quantitative estimate of drug-likeness (QED) is 0.521. The first kappa shape index (κ1) is 11.2. The van der Waals surface area contributed by atoms with Crippen molar-refractivity contribution < 1.29 is 14.3 Å². The molecule has 0 unspecified atom stereocenters. The SMILES string of the molecule is CC1(C)CCCC(=C(F)C(=O)O)CC1. The molecule has 0 atom stereocenters. The number of carboxylic acids is 1. The Hall–Kier alpha value is -0.860. The highest BCUT2D eigenvalue weighted by molar-refractivity contribution is 5.84. The summed E-state index contributed by atoms with van der Waals surface area (Å²) in [5.41, 5.74) is 0.712. The second-order valence-corrected chi connectivity index (χ2v) is 4.74. The molecule has 0 aromatic carbocycles. The van der Waals surface area contributed by atoms with E-state index in [9.17, 15) is 9.18 Å². The van der Waals surface area contributed by atoms with Crippen LogP contribution in [-0.2, 0) is 4.79 Å². The summed E-state index contributed by atoms with van der Waals surface area (Å²) in [6.07, 6.45) is 4.00. The Morgan fingerprint density at radius 1 is 1.36 bits per heavy atom. The van der Waals surface area contributed by atoms with Crippen LogP contribution >= 0.6 is 0 Å². The van der Waals surface area contributed by atoms with Crippen molar-refractivity contribution in [1.29, 1.82) is 0 Å². The van der Waals surface area contributed by atoms with E-state index in [-0.39, 0.29) is 5.41 Å². The minimum Gasteiger partial charge on any atom is -0.476 e. The van der Waals surface area contributed by atoms with Crippen molar-refractivity contribution in [2.75, 3.05) is 0 Å². The van der Waals surface area contributed by atoms with Crippen LogP contribution in [0.2, 0.25) is 0 Å². The second-order valence-electron chi connectivity index (χ2n) is 4.74. The van der Waals surface area contributed by atoms with E-state index in [0.717, 1.165) is 19.3 Å². The van der Waals surface area contributed by atoms with E-state index in [1.807, 2.05) is 0 Å². The number of aliphatic carboxylic acids is 1. The van der Waals surface area contributed by atoms with E-state index in [2.05, 4.69) is 13.8 Å². The van der Waals surface area contributed by atoms with Gasteiger partial charge in [-0.1, -0.05) is 13.8 Å². The molecular weight excluding hydrogens is 183 g/mol. The van der Waals surface area contributed by atoms with Gasteiger partial charge in [0.2, 0.25) is 5.83 Å². The number of carboxylic acid groups (broad SMARTS) is 1. The van der Waals surface area contributed by atoms with Gasteiger partial charge in [0, 0.05) is 0 Å². The maximum atomic E-state index is 13.1. The lowest BCUT2D eigenvalue weighted by Crippen LogP contribution is -2.08. The second kappa shape index (κ2) is 4.11. The first-order chi connectivity index (χ1) is 6.42. The van der Waals surface area contributed by atoms with Crippen molar-refractivity contribution in [3.8, 4) is 0 Å². The van der Waals surface area contributed by atoms with Crippen LogP contribution < -0.4 is 0 Å². The molecule has 0 heterocycles. The van der Waals surface area contributed by atoms with Crippen LogP contribution in [0.5, 0.6) is 0 Å². The molecule has 0 radical (unpaired) electrons. The van der Waals surface area contributed by atoms with Crippen LogP contribution in [0.25, 0.3) is 0 Å². The van der Waals surface area contributed by atoms with Gasteiger partial charge in [-0.2, -0.15) is 4.39 Å². The van der Waals surface area contributed by atoms with Crippen molar-refractivity contribution >= 4 is 5.97 Å². The van der Waals surface area contributed by atoms with Gasteiger partial charge in [0.1, 0.15) is 0 Å². The van der Waals surface area contributed by atoms with Crippen LogP contribution in [0.3, 0.4) is 0 Å². The summed E-state index contributed by atoms with van der Waals surface area (Å²) in [5.74, 6) is -2.34. The maximum Gasteiger partial charge on any atom is 0.364 e. The summed E-state index contributed by atoms with van der Waals surface area (Å²) >= 11 is 0.